The summed E-state index contributed by atoms with van der Waals surface area (Å²) in [5.74, 6) is 1.33. The SMILES string of the molecule is COc1cc(-c2nc(-c3ccc(NC(=O)C4CCCCC4)cc3)c(-c3ccc(NC(=O)C4CCCCC4)cc3)[nH]2)cc(OC)c1O. The Morgan fingerprint density at radius 2 is 1.15 bits per heavy atom. The first-order chi connectivity index (χ1) is 22.4. The highest BCUT2D eigenvalue weighted by Gasteiger charge is 2.23. The number of methoxy groups -OCH3 is 2. The lowest BCUT2D eigenvalue weighted by Gasteiger charge is -2.20. The maximum absolute atomic E-state index is 12.8. The molecule has 0 unspecified atom stereocenters. The number of nitrogens with zero attached hydrogens (tertiary/aromatic N) is 1. The lowest BCUT2D eigenvalue weighted by Crippen LogP contribution is -2.24. The number of aromatic hydroxyl groups is 1. The number of phenols is 1. The molecule has 0 atom stereocenters. The molecule has 1 aromatic heterocycles. The Morgan fingerprint density at radius 3 is 1.61 bits per heavy atom. The molecule has 2 aliphatic carbocycles. The van der Waals surface area contributed by atoms with Gasteiger partial charge in [-0.2, -0.15) is 0 Å². The van der Waals surface area contributed by atoms with Crippen molar-refractivity contribution in [3.05, 3.63) is 60.7 Å². The normalized spacial score (nSPS) is 15.7. The van der Waals surface area contributed by atoms with Gasteiger partial charge in [0.15, 0.2) is 11.5 Å². The van der Waals surface area contributed by atoms with Gasteiger partial charge in [-0.3, -0.25) is 9.59 Å². The molecule has 0 radical (unpaired) electrons. The number of H-pyrrole nitrogens is 1. The molecule has 6 rings (SSSR count). The maximum Gasteiger partial charge on any atom is 0.227 e. The molecule has 1 heterocycles. The van der Waals surface area contributed by atoms with Gasteiger partial charge in [0.25, 0.3) is 0 Å². The van der Waals surface area contributed by atoms with Crippen LogP contribution in [0.25, 0.3) is 33.9 Å². The highest BCUT2D eigenvalue weighted by atomic mass is 16.5. The molecule has 2 aliphatic rings. The Balaban J connectivity index is 1.31. The first-order valence-corrected chi connectivity index (χ1v) is 16.3. The molecule has 3 aromatic carbocycles. The van der Waals surface area contributed by atoms with Crippen LogP contribution in [0.2, 0.25) is 0 Å². The lowest BCUT2D eigenvalue weighted by atomic mass is 9.88. The van der Waals surface area contributed by atoms with E-state index in [-0.39, 0.29) is 40.9 Å². The molecule has 0 saturated heterocycles. The van der Waals surface area contributed by atoms with Crippen molar-refractivity contribution in [3.63, 3.8) is 0 Å². The number of phenolic OH excluding ortho intramolecular Hbond substituents is 1. The van der Waals surface area contributed by atoms with Gasteiger partial charge in [0, 0.05) is 39.9 Å². The number of benzene rings is 3. The highest BCUT2D eigenvalue weighted by Crippen LogP contribution is 2.41. The van der Waals surface area contributed by atoms with Crippen molar-refractivity contribution >= 4 is 23.2 Å². The van der Waals surface area contributed by atoms with Gasteiger partial charge in [0.1, 0.15) is 5.82 Å². The molecule has 2 fully saturated rings. The van der Waals surface area contributed by atoms with Gasteiger partial charge in [-0.15, -0.1) is 0 Å². The standard InChI is InChI=1S/C37H42N4O5/c1-45-30-21-27(22-31(46-2)34(30)42)35-40-32(23-13-17-28(18-14-23)38-36(43)25-9-5-3-6-10-25)33(41-35)24-15-19-29(20-16-24)39-37(44)26-11-7-4-8-12-26/h13-22,25-26,42H,3-12H2,1-2H3,(H,38,43)(H,39,44)(H,40,41). The molecule has 46 heavy (non-hydrogen) atoms. The number of carbonyl (C=O) groups is 2. The summed E-state index contributed by atoms with van der Waals surface area (Å²) in [5, 5.41) is 16.7. The number of aromatic nitrogens is 2. The second-order valence-corrected chi connectivity index (χ2v) is 12.3. The Labute approximate surface area is 269 Å². The number of hydrogen-bond acceptors (Lipinski definition) is 6. The summed E-state index contributed by atoms with van der Waals surface area (Å²) in [6.45, 7) is 0. The Kier molecular flexibility index (Phi) is 9.57. The topological polar surface area (TPSA) is 126 Å². The first kappa shape index (κ1) is 31.2. The van der Waals surface area contributed by atoms with Crippen molar-refractivity contribution in [2.24, 2.45) is 11.8 Å². The molecule has 0 spiro atoms. The van der Waals surface area contributed by atoms with Crippen molar-refractivity contribution < 1.29 is 24.2 Å². The van der Waals surface area contributed by atoms with Gasteiger partial charge < -0.3 is 30.2 Å². The van der Waals surface area contributed by atoms with Crippen LogP contribution in [0.1, 0.15) is 64.2 Å². The van der Waals surface area contributed by atoms with E-state index in [1.54, 1.807) is 12.1 Å². The van der Waals surface area contributed by atoms with Crippen molar-refractivity contribution in [3.8, 4) is 51.2 Å². The number of hydrogen-bond donors (Lipinski definition) is 4. The average Bonchev–Trinajstić information content (AvgIpc) is 3.55. The molecule has 2 amide bonds. The summed E-state index contributed by atoms with van der Waals surface area (Å²) in [6, 6.07) is 18.9. The smallest absolute Gasteiger partial charge is 0.227 e. The van der Waals surface area contributed by atoms with Gasteiger partial charge in [0.05, 0.1) is 25.6 Å². The van der Waals surface area contributed by atoms with E-state index in [0.29, 0.717) is 17.1 Å². The highest BCUT2D eigenvalue weighted by molar-refractivity contribution is 5.94. The van der Waals surface area contributed by atoms with E-state index in [1.807, 2.05) is 48.5 Å². The maximum atomic E-state index is 12.8. The number of ether oxygens (including phenoxy) is 2. The van der Waals surface area contributed by atoms with E-state index in [1.165, 1.54) is 27.1 Å². The number of aromatic amines is 1. The number of rotatable bonds is 9. The zero-order valence-corrected chi connectivity index (χ0v) is 26.5. The molecular weight excluding hydrogens is 580 g/mol. The summed E-state index contributed by atoms with van der Waals surface area (Å²) < 4.78 is 10.8. The van der Waals surface area contributed by atoms with Crippen LogP contribution in [-0.4, -0.2) is 41.1 Å². The van der Waals surface area contributed by atoms with Gasteiger partial charge in [-0.05, 0) is 62.1 Å². The molecule has 2 saturated carbocycles. The van der Waals surface area contributed by atoms with Crippen LogP contribution in [0.4, 0.5) is 11.4 Å². The van der Waals surface area contributed by atoms with Crippen molar-refractivity contribution in [2.75, 3.05) is 24.9 Å². The predicted molar refractivity (Wildman–Crippen MR) is 180 cm³/mol. The first-order valence-electron chi connectivity index (χ1n) is 16.3. The Bertz CT molecular complexity index is 1550. The number of carbonyl (C=O) groups excluding carboxylic acids is 2. The lowest BCUT2D eigenvalue weighted by molar-refractivity contribution is -0.121. The Morgan fingerprint density at radius 1 is 0.696 bits per heavy atom. The third-order valence-corrected chi connectivity index (χ3v) is 9.28. The summed E-state index contributed by atoms with van der Waals surface area (Å²) in [6.07, 6.45) is 10.6. The fourth-order valence-electron chi connectivity index (χ4n) is 6.61. The minimum atomic E-state index is -0.0857. The third kappa shape index (κ3) is 6.88. The van der Waals surface area contributed by atoms with Crippen molar-refractivity contribution in [2.45, 2.75) is 64.2 Å². The van der Waals surface area contributed by atoms with Crippen molar-refractivity contribution in [1.82, 2.24) is 9.97 Å². The zero-order chi connectivity index (χ0) is 32.0. The minimum absolute atomic E-state index is 0.0728. The summed E-state index contributed by atoms with van der Waals surface area (Å²) in [4.78, 5) is 34.2. The molecule has 240 valence electrons. The fourth-order valence-corrected chi connectivity index (χ4v) is 6.61. The van der Waals surface area contributed by atoms with Crippen LogP contribution in [0.15, 0.2) is 60.7 Å². The second-order valence-electron chi connectivity index (χ2n) is 12.3. The molecule has 4 N–H and O–H groups in total. The fraction of sp³-hybridized carbons (Fsp3) is 0.378. The summed E-state index contributed by atoms with van der Waals surface area (Å²) in [5.41, 5.74) is 5.42. The quantitative estimate of drug-likeness (QED) is 0.149. The van der Waals surface area contributed by atoms with Gasteiger partial charge in [0.2, 0.25) is 17.6 Å². The van der Waals surface area contributed by atoms with E-state index < -0.39 is 0 Å². The van der Waals surface area contributed by atoms with Crippen LogP contribution in [0.5, 0.6) is 17.2 Å². The van der Waals surface area contributed by atoms with E-state index in [9.17, 15) is 14.7 Å². The zero-order valence-electron chi connectivity index (χ0n) is 26.5. The third-order valence-electron chi connectivity index (χ3n) is 9.28. The van der Waals surface area contributed by atoms with Gasteiger partial charge in [-0.1, -0.05) is 62.8 Å². The largest absolute Gasteiger partial charge is 0.502 e. The van der Waals surface area contributed by atoms with Crippen LogP contribution in [0.3, 0.4) is 0 Å². The van der Waals surface area contributed by atoms with Crippen LogP contribution >= 0.6 is 0 Å². The predicted octanol–water partition coefficient (Wildman–Crippen LogP) is 8.17. The number of anilines is 2. The Hall–Kier alpha value is -4.79. The van der Waals surface area contributed by atoms with E-state index in [4.69, 9.17) is 14.5 Å². The van der Waals surface area contributed by atoms with E-state index >= 15 is 0 Å². The number of amides is 2. The van der Waals surface area contributed by atoms with Gasteiger partial charge >= 0.3 is 0 Å². The molecule has 9 nitrogen and oxygen atoms in total. The number of imidazole rings is 1. The average molecular weight is 623 g/mol. The van der Waals surface area contributed by atoms with Crippen LogP contribution < -0.4 is 20.1 Å². The van der Waals surface area contributed by atoms with Gasteiger partial charge in [-0.25, -0.2) is 4.98 Å². The second kappa shape index (κ2) is 14.1. The molecular formula is C37H42N4O5. The minimum Gasteiger partial charge on any atom is -0.502 e. The van der Waals surface area contributed by atoms with E-state index in [0.717, 1.165) is 79.6 Å². The summed E-state index contributed by atoms with van der Waals surface area (Å²) in [7, 11) is 2.97. The molecule has 0 bridgehead atoms. The van der Waals surface area contributed by atoms with Crippen LogP contribution in [-0.2, 0) is 9.59 Å². The van der Waals surface area contributed by atoms with Crippen molar-refractivity contribution in [1.29, 1.82) is 0 Å². The molecule has 9 heteroatoms. The number of nitrogens with one attached hydrogen (secondary N) is 3. The summed E-state index contributed by atoms with van der Waals surface area (Å²) >= 11 is 0. The molecule has 4 aromatic rings. The van der Waals surface area contributed by atoms with Crippen LogP contribution in [0, 0.1) is 11.8 Å². The monoisotopic (exact) mass is 622 g/mol. The molecule has 0 aliphatic heterocycles. The van der Waals surface area contributed by atoms with E-state index in [2.05, 4.69) is 15.6 Å².